The van der Waals surface area contributed by atoms with Crippen molar-refractivity contribution in [2.75, 3.05) is 59.2 Å². The smallest absolute Gasteiger partial charge is 0.253 e. The molecule has 2 aromatic heterocycles. The molecule has 47 heavy (non-hydrogen) atoms. The number of hydrogen-bond acceptors (Lipinski definition) is 7. The van der Waals surface area contributed by atoms with Gasteiger partial charge in [0.15, 0.2) is 0 Å². The summed E-state index contributed by atoms with van der Waals surface area (Å²) in [6.45, 7) is 21.6. The summed E-state index contributed by atoms with van der Waals surface area (Å²) in [7, 11) is 0. The Kier molecular flexibility index (Phi) is 11.9. The lowest BCUT2D eigenvalue weighted by molar-refractivity contribution is -0.117. The van der Waals surface area contributed by atoms with E-state index in [0.29, 0.717) is 17.1 Å². The minimum Gasteiger partial charge on any atom is -0.381 e. The van der Waals surface area contributed by atoms with E-state index < -0.39 is 0 Å². The molecule has 9 heteroatoms. The number of aromatic amines is 1. The van der Waals surface area contributed by atoms with Crippen molar-refractivity contribution in [1.29, 1.82) is 0 Å². The summed E-state index contributed by atoms with van der Waals surface area (Å²) in [6, 6.07) is 6.29. The molecule has 0 radical (unpaired) electrons. The van der Waals surface area contributed by atoms with E-state index in [1.807, 2.05) is 19.2 Å². The molecule has 1 aliphatic carbocycles. The molecule has 1 unspecified atom stereocenters. The fraction of sp³-hybridized carbons (Fsp3) is 0.605. The third kappa shape index (κ3) is 8.87. The molecule has 1 atom stereocenters. The second kappa shape index (κ2) is 15.9. The van der Waals surface area contributed by atoms with Crippen LogP contribution in [0.25, 0.3) is 5.57 Å². The first-order valence-corrected chi connectivity index (χ1v) is 17.5. The number of hydrogen-bond donors (Lipinski definition) is 2. The van der Waals surface area contributed by atoms with Crippen LogP contribution in [0.4, 0.5) is 0 Å². The maximum atomic E-state index is 14.1. The maximum Gasteiger partial charge on any atom is 0.253 e. The molecule has 0 aromatic carbocycles. The molecule has 3 aliphatic rings. The summed E-state index contributed by atoms with van der Waals surface area (Å²) < 4.78 is 11.1. The number of rotatable bonds is 12. The van der Waals surface area contributed by atoms with Crippen molar-refractivity contribution in [2.24, 2.45) is 11.3 Å². The summed E-state index contributed by atoms with van der Waals surface area (Å²) in [4.78, 5) is 39.7. The van der Waals surface area contributed by atoms with Crippen molar-refractivity contribution in [3.05, 3.63) is 80.1 Å². The molecule has 1 amide bonds. The normalized spacial score (nSPS) is 21.4. The Balaban J connectivity index is 1.42. The summed E-state index contributed by atoms with van der Waals surface area (Å²) in [5, 5.41) is 3.13. The predicted molar refractivity (Wildman–Crippen MR) is 187 cm³/mol. The number of morpholine rings is 1. The Hall–Kier alpha value is -3.11. The minimum absolute atomic E-state index is 0.139. The SMILES string of the molecule is CCN(CC1CCOCC1)CC1(C)CC(c2ccc(CN3CCOCC3)nc2)=CC(C(=O)NCc2c(C(C)C)cc(C)[nH]c2=O)=C1C. The molecular weight excluding hydrogens is 590 g/mol. The number of ether oxygens (including phenoxy) is 2. The highest BCUT2D eigenvalue weighted by molar-refractivity contribution is 6.00. The van der Waals surface area contributed by atoms with Crippen LogP contribution in [-0.2, 0) is 27.4 Å². The molecule has 4 heterocycles. The van der Waals surface area contributed by atoms with Crippen molar-refractivity contribution >= 4 is 11.5 Å². The number of nitrogens with one attached hydrogen (secondary N) is 2. The maximum absolute atomic E-state index is 14.1. The number of carbonyl (C=O) groups is 1. The van der Waals surface area contributed by atoms with Crippen LogP contribution >= 0.6 is 0 Å². The average molecular weight is 646 g/mol. The van der Waals surface area contributed by atoms with Gasteiger partial charge in [-0.3, -0.25) is 19.5 Å². The molecule has 256 valence electrons. The van der Waals surface area contributed by atoms with Crippen molar-refractivity contribution in [3.8, 4) is 0 Å². The first-order valence-electron chi connectivity index (χ1n) is 17.5. The second-order valence-electron chi connectivity index (χ2n) is 14.3. The van der Waals surface area contributed by atoms with Crippen LogP contribution in [0.2, 0.25) is 0 Å². The van der Waals surface area contributed by atoms with Gasteiger partial charge in [0.1, 0.15) is 0 Å². The lowest BCUT2D eigenvalue weighted by Crippen LogP contribution is -2.42. The van der Waals surface area contributed by atoms with Gasteiger partial charge in [-0.1, -0.05) is 39.3 Å². The van der Waals surface area contributed by atoms with E-state index in [9.17, 15) is 9.59 Å². The molecule has 9 nitrogen and oxygen atoms in total. The van der Waals surface area contributed by atoms with Crippen molar-refractivity contribution in [1.82, 2.24) is 25.1 Å². The predicted octanol–water partition coefficient (Wildman–Crippen LogP) is 5.21. The van der Waals surface area contributed by atoms with Crippen molar-refractivity contribution < 1.29 is 14.3 Å². The number of pyridine rings is 2. The highest BCUT2D eigenvalue weighted by Gasteiger charge is 2.37. The molecule has 2 saturated heterocycles. The van der Waals surface area contributed by atoms with Crippen LogP contribution in [0.3, 0.4) is 0 Å². The topological polar surface area (TPSA) is 99.8 Å². The lowest BCUT2D eigenvalue weighted by atomic mass is 9.70. The summed E-state index contributed by atoms with van der Waals surface area (Å²) in [5.74, 6) is 0.650. The Morgan fingerprint density at radius 3 is 2.53 bits per heavy atom. The van der Waals surface area contributed by atoms with Crippen molar-refractivity contribution in [3.63, 3.8) is 0 Å². The van der Waals surface area contributed by atoms with Gasteiger partial charge in [-0.25, -0.2) is 0 Å². The quantitative estimate of drug-likeness (QED) is 0.327. The summed E-state index contributed by atoms with van der Waals surface area (Å²) in [6.07, 6.45) is 7.04. The third-order valence-electron chi connectivity index (χ3n) is 10.4. The Morgan fingerprint density at radius 1 is 1.15 bits per heavy atom. The van der Waals surface area contributed by atoms with Gasteiger partial charge in [0.2, 0.25) is 0 Å². The molecule has 2 aromatic rings. The number of H-pyrrole nitrogens is 1. The highest BCUT2D eigenvalue weighted by atomic mass is 16.5. The largest absolute Gasteiger partial charge is 0.381 e. The van der Waals surface area contributed by atoms with Gasteiger partial charge < -0.3 is 24.7 Å². The number of aryl methyl sites for hydroxylation is 1. The van der Waals surface area contributed by atoms with E-state index in [4.69, 9.17) is 14.5 Å². The third-order valence-corrected chi connectivity index (χ3v) is 10.4. The fourth-order valence-corrected chi connectivity index (χ4v) is 7.30. The molecular formula is C38H55N5O4. The number of allylic oxidation sites excluding steroid dienone is 1. The van der Waals surface area contributed by atoms with E-state index >= 15 is 0 Å². The van der Waals surface area contributed by atoms with Crippen LogP contribution < -0.4 is 10.9 Å². The Bertz CT molecular complexity index is 1500. The zero-order chi connectivity index (χ0) is 33.6. The molecule has 0 spiro atoms. The van der Waals surface area contributed by atoms with Crippen LogP contribution in [0.15, 0.2) is 46.4 Å². The number of amides is 1. The zero-order valence-corrected chi connectivity index (χ0v) is 29.4. The van der Waals surface area contributed by atoms with Crippen LogP contribution in [0, 0.1) is 18.3 Å². The molecule has 0 bridgehead atoms. The molecule has 2 N–H and O–H groups in total. The van der Waals surface area contributed by atoms with E-state index in [2.05, 4.69) is 72.9 Å². The highest BCUT2D eigenvalue weighted by Crippen LogP contribution is 2.44. The second-order valence-corrected chi connectivity index (χ2v) is 14.3. The van der Waals surface area contributed by atoms with Crippen LogP contribution in [0.5, 0.6) is 0 Å². The zero-order valence-electron chi connectivity index (χ0n) is 29.4. The minimum atomic E-state index is -0.255. The summed E-state index contributed by atoms with van der Waals surface area (Å²) in [5.41, 5.74) is 6.99. The first-order chi connectivity index (χ1) is 22.6. The van der Waals surface area contributed by atoms with Gasteiger partial charge in [-0.05, 0) is 86.4 Å². The summed E-state index contributed by atoms with van der Waals surface area (Å²) >= 11 is 0. The van der Waals surface area contributed by atoms with Gasteiger partial charge in [-0.2, -0.15) is 0 Å². The number of carbonyl (C=O) groups excluding carboxylic acids is 1. The van der Waals surface area contributed by atoms with Gasteiger partial charge in [0, 0.05) is 80.9 Å². The fourth-order valence-electron chi connectivity index (χ4n) is 7.30. The average Bonchev–Trinajstić information content (AvgIpc) is 3.06. The number of aromatic nitrogens is 2. The van der Waals surface area contributed by atoms with Gasteiger partial charge in [0.25, 0.3) is 11.5 Å². The standard InChI is InChI=1S/C38H55N5O4/c1-7-42(23-29-10-14-46-15-11-29)25-38(6)20-31(30-8-9-32(39-21-30)24-43-12-16-47-17-13-43)19-34(28(38)5)36(44)40-22-35-33(26(2)3)18-27(4)41-37(35)45/h8-9,18-19,21,26,29H,7,10-17,20,22-25H2,1-6H3,(H,40,44)(H,41,45). The Morgan fingerprint density at radius 2 is 1.87 bits per heavy atom. The van der Waals surface area contributed by atoms with Crippen LogP contribution in [-0.4, -0.2) is 84.8 Å². The van der Waals surface area contributed by atoms with Gasteiger partial charge in [-0.15, -0.1) is 0 Å². The van der Waals surface area contributed by atoms with Gasteiger partial charge >= 0.3 is 0 Å². The first kappa shape index (κ1) is 35.2. The number of nitrogens with zero attached hydrogens (tertiary/aromatic N) is 3. The van der Waals surface area contributed by atoms with Crippen LogP contribution in [0.1, 0.15) is 87.9 Å². The monoisotopic (exact) mass is 645 g/mol. The lowest BCUT2D eigenvalue weighted by Gasteiger charge is -2.41. The molecule has 2 fully saturated rings. The molecule has 5 rings (SSSR count). The van der Waals surface area contributed by atoms with E-state index in [1.54, 1.807) is 0 Å². The molecule has 2 aliphatic heterocycles. The van der Waals surface area contributed by atoms with Gasteiger partial charge in [0.05, 0.1) is 18.9 Å². The Labute approximate surface area is 280 Å². The molecule has 0 saturated carbocycles. The van der Waals surface area contributed by atoms with E-state index in [1.165, 1.54) is 0 Å². The van der Waals surface area contributed by atoms with E-state index in [0.717, 1.165) is 119 Å². The van der Waals surface area contributed by atoms with Crippen molar-refractivity contribution in [2.45, 2.75) is 79.8 Å². The van der Waals surface area contributed by atoms with E-state index in [-0.39, 0.29) is 29.3 Å².